The Kier molecular flexibility index (Phi) is 6.13. The quantitative estimate of drug-likeness (QED) is 0.782. The Bertz CT molecular complexity index is 237. The van der Waals surface area contributed by atoms with Crippen LogP contribution >= 0.6 is 0 Å². The zero-order chi connectivity index (χ0) is 13.8. The van der Waals surface area contributed by atoms with Crippen LogP contribution in [0.1, 0.15) is 59.8 Å². The van der Waals surface area contributed by atoms with Gasteiger partial charge in [-0.15, -0.1) is 0 Å². The van der Waals surface area contributed by atoms with Crippen molar-refractivity contribution in [1.82, 2.24) is 0 Å². The molecule has 0 saturated heterocycles. The van der Waals surface area contributed by atoms with Crippen molar-refractivity contribution in [2.24, 2.45) is 29.4 Å². The van der Waals surface area contributed by atoms with Crippen LogP contribution < -0.4 is 5.73 Å². The summed E-state index contributed by atoms with van der Waals surface area (Å²) in [6.07, 6.45) is 6.50. The van der Waals surface area contributed by atoms with E-state index >= 15 is 0 Å². The van der Waals surface area contributed by atoms with E-state index in [0.29, 0.717) is 0 Å². The third-order valence-electron chi connectivity index (χ3n) is 5.10. The van der Waals surface area contributed by atoms with Gasteiger partial charge in [-0.1, -0.05) is 13.8 Å². The highest BCUT2D eigenvalue weighted by Gasteiger charge is 2.32. The lowest BCUT2D eigenvalue weighted by atomic mass is 9.68. The minimum Gasteiger partial charge on any atom is -0.379 e. The molecule has 2 nitrogen and oxygen atoms in total. The molecule has 1 aliphatic carbocycles. The fourth-order valence-corrected chi connectivity index (χ4v) is 3.27. The standard InChI is InChI=1S/C16H33NO/c1-12(2)13-6-7-15(11-17)14(10-13)8-9-16(3,4)18-5/h12-15H,6-11,17H2,1-5H3. The summed E-state index contributed by atoms with van der Waals surface area (Å²) in [5, 5.41) is 0. The van der Waals surface area contributed by atoms with Crippen molar-refractivity contribution in [3.63, 3.8) is 0 Å². The van der Waals surface area contributed by atoms with Crippen molar-refractivity contribution in [2.75, 3.05) is 13.7 Å². The number of hydrogen-bond acceptors (Lipinski definition) is 2. The van der Waals surface area contributed by atoms with E-state index in [-0.39, 0.29) is 5.60 Å². The van der Waals surface area contributed by atoms with E-state index in [1.807, 2.05) is 7.11 Å². The lowest BCUT2D eigenvalue weighted by molar-refractivity contribution is 0.00386. The Hall–Kier alpha value is -0.0800. The van der Waals surface area contributed by atoms with Crippen LogP contribution in [0.5, 0.6) is 0 Å². The van der Waals surface area contributed by atoms with Gasteiger partial charge in [-0.2, -0.15) is 0 Å². The van der Waals surface area contributed by atoms with Crippen molar-refractivity contribution < 1.29 is 4.74 Å². The SMILES string of the molecule is COC(C)(C)CCC1CC(C(C)C)CCC1CN. The fourth-order valence-electron chi connectivity index (χ4n) is 3.27. The van der Waals surface area contributed by atoms with Crippen LogP contribution in [0.4, 0.5) is 0 Å². The molecule has 108 valence electrons. The summed E-state index contributed by atoms with van der Waals surface area (Å²) >= 11 is 0. The predicted octanol–water partition coefficient (Wildman–Crippen LogP) is 3.84. The largest absolute Gasteiger partial charge is 0.379 e. The van der Waals surface area contributed by atoms with Gasteiger partial charge in [0.15, 0.2) is 0 Å². The van der Waals surface area contributed by atoms with E-state index in [2.05, 4.69) is 27.7 Å². The molecule has 0 aromatic rings. The molecule has 0 aliphatic heterocycles. The number of nitrogens with two attached hydrogens (primary N) is 1. The monoisotopic (exact) mass is 255 g/mol. The average molecular weight is 255 g/mol. The first-order chi connectivity index (χ1) is 8.39. The van der Waals surface area contributed by atoms with Gasteiger partial charge >= 0.3 is 0 Å². The van der Waals surface area contributed by atoms with Gasteiger partial charge in [-0.3, -0.25) is 0 Å². The second-order valence-corrected chi connectivity index (χ2v) is 7.08. The van der Waals surface area contributed by atoms with Gasteiger partial charge in [-0.05, 0) is 76.2 Å². The van der Waals surface area contributed by atoms with Crippen molar-refractivity contribution in [3.05, 3.63) is 0 Å². The van der Waals surface area contributed by atoms with Crippen molar-refractivity contribution in [2.45, 2.75) is 65.4 Å². The average Bonchev–Trinajstić information content (AvgIpc) is 2.36. The number of methoxy groups -OCH3 is 1. The third kappa shape index (κ3) is 4.55. The molecule has 0 radical (unpaired) electrons. The van der Waals surface area contributed by atoms with Crippen LogP contribution in [0.25, 0.3) is 0 Å². The second-order valence-electron chi connectivity index (χ2n) is 7.08. The maximum atomic E-state index is 5.96. The highest BCUT2D eigenvalue weighted by atomic mass is 16.5. The van der Waals surface area contributed by atoms with Gasteiger partial charge in [-0.25, -0.2) is 0 Å². The summed E-state index contributed by atoms with van der Waals surface area (Å²) in [5.41, 5.74) is 5.97. The highest BCUT2D eigenvalue weighted by molar-refractivity contribution is 4.83. The van der Waals surface area contributed by atoms with Gasteiger partial charge < -0.3 is 10.5 Å². The molecule has 0 spiro atoms. The molecule has 3 unspecified atom stereocenters. The molecule has 0 heterocycles. The molecule has 1 aliphatic rings. The molecule has 1 saturated carbocycles. The number of hydrogen-bond donors (Lipinski definition) is 1. The Labute approximate surface area is 114 Å². The van der Waals surface area contributed by atoms with Crippen LogP contribution in [-0.2, 0) is 4.74 Å². The Morgan fingerprint density at radius 2 is 1.89 bits per heavy atom. The molecule has 2 heteroatoms. The van der Waals surface area contributed by atoms with Gasteiger partial charge in [0.1, 0.15) is 0 Å². The molecule has 1 rings (SSSR count). The lowest BCUT2D eigenvalue weighted by Crippen LogP contribution is -2.33. The minimum atomic E-state index is 0.0178. The maximum absolute atomic E-state index is 5.96. The third-order valence-corrected chi connectivity index (χ3v) is 5.10. The molecule has 2 N–H and O–H groups in total. The highest BCUT2D eigenvalue weighted by Crippen LogP contribution is 2.40. The normalized spacial score (nSPS) is 29.8. The van der Waals surface area contributed by atoms with Crippen LogP contribution in [0.3, 0.4) is 0 Å². The van der Waals surface area contributed by atoms with Crippen LogP contribution in [-0.4, -0.2) is 19.3 Å². The Morgan fingerprint density at radius 3 is 2.39 bits per heavy atom. The summed E-state index contributed by atoms with van der Waals surface area (Å²) < 4.78 is 5.54. The van der Waals surface area contributed by atoms with Gasteiger partial charge in [0.05, 0.1) is 5.60 Å². The zero-order valence-electron chi connectivity index (χ0n) is 13.0. The van der Waals surface area contributed by atoms with Crippen molar-refractivity contribution in [3.8, 4) is 0 Å². The van der Waals surface area contributed by atoms with Crippen LogP contribution in [0.2, 0.25) is 0 Å². The van der Waals surface area contributed by atoms with E-state index in [9.17, 15) is 0 Å². The van der Waals surface area contributed by atoms with Crippen molar-refractivity contribution >= 4 is 0 Å². The first kappa shape index (κ1) is 16.0. The molecule has 0 aromatic carbocycles. The lowest BCUT2D eigenvalue weighted by Gasteiger charge is -2.38. The predicted molar refractivity (Wildman–Crippen MR) is 78.5 cm³/mol. The summed E-state index contributed by atoms with van der Waals surface area (Å²) in [5.74, 6) is 3.28. The van der Waals surface area contributed by atoms with Gasteiger partial charge in [0.2, 0.25) is 0 Å². The topological polar surface area (TPSA) is 35.2 Å². The summed E-state index contributed by atoms with van der Waals surface area (Å²) in [4.78, 5) is 0. The smallest absolute Gasteiger partial charge is 0.0622 e. The first-order valence-corrected chi connectivity index (χ1v) is 7.65. The van der Waals surface area contributed by atoms with E-state index in [1.165, 1.54) is 25.7 Å². The maximum Gasteiger partial charge on any atom is 0.0622 e. The van der Waals surface area contributed by atoms with Crippen LogP contribution in [0.15, 0.2) is 0 Å². The molecular formula is C16H33NO. The molecule has 3 atom stereocenters. The summed E-state index contributed by atoms with van der Waals surface area (Å²) in [6.45, 7) is 9.97. The van der Waals surface area contributed by atoms with E-state index in [1.54, 1.807) is 0 Å². The molecular weight excluding hydrogens is 222 g/mol. The van der Waals surface area contributed by atoms with E-state index in [4.69, 9.17) is 10.5 Å². The molecule has 0 aromatic heterocycles. The van der Waals surface area contributed by atoms with Gasteiger partial charge in [0, 0.05) is 7.11 Å². The summed E-state index contributed by atoms with van der Waals surface area (Å²) in [6, 6.07) is 0. The molecule has 0 bridgehead atoms. The van der Waals surface area contributed by atoms with Gasteiger partial charge in [0.25, 0.3) is 0 Å². The number of rotatable bonds is 6. The van der Waals surface area contributed by atoms with Crippen molar-refractivity contribution in [1.29, 1.82) is 0 Å². The van der Waals surface area contributed by atoms with E-state index < -0.39 is 0 Å². The molecule has 18 heavy (non-hydrogen) atoms. The minimum absolute atomic E-state index is 0.0178. The fraction of sp³-hybridized carbons (Fsp3) is 1.00. The molecule has 1 fully saturated rings. The Balaban J connectivity index is 2.52. The molecule has 0 amide bonds. The number of ether oxygens (including phenoxy) is 1. The zero-order valence-corrected chi connectivity index (χ0v) is 13.0. The van der Waals surface area contributed by atoms with E-state index in [0.717, 1.165) is 36.6 Å². The Morgan fingerprint density at radius 1 is 1.22 bits per heavy atom. The summed E-state index contributed by atoms with van der Waals surface area (Å²) in [7, 11) is 1.82. The second kappa shape index (κ2) is 6.91. The first-order valence-electron chi connectivity index (χ1n) is 7.65. The van der Waals surface area contributed by atoms with Crippen LogP contribution in [0, 0.1) is 23.7 Å².